The molecule has 0 N–H and O–H groups in total. The third kappa shape index (κ3) is 4.70. The van der Waals surface area contributed by atoms with Crippen molar-refractivity contribution in [2.45, 2.75) is 38.8 Å². The lowest BCUT2D eigenvalue weighted by Crippen LogP contribution is -2.34. The number of amides is 1. The highest BCUT2D eigenvalue weighted by atomic mass is 35.5. The van der Waals surface area contributed by atoms with Crippen LogP contribution in [0.15, 0.2) is 6.20 Å². The number of imidazole rings is 1. The van der Waals surface area contributed by atoms with Crippen LogP contribution in [0.25, 0.3) is 0 Å². The molecule has 1 saturated heterocycles. The Morgan fingerprint density at radius 2 is 2.21 bits per heavy atom. The van der Waals surface area contributed by atoms with Gasteiger partial charge in [0, 0.05) is 32.0 Å². The zero-order valence-corrected chi connectivity index (χ0v) is 15.3. The zero-order chi connectivity index (χ0) is 17.7. The number of hydrogen-bond donors (Lipinski definition) is 0. The zero-order valence-electron chi connectivity index (χ0n) is 14.5. The van der Waals surface area contributed by atoms with E-state index in [4.69, 9.17) is 16.3 Å². The van der Waals surface area contributed by atoms with E-state index in [1.807, 2.05) is 19.0 Å². The molecule has 0 aliphatic carbocycles. The number of ether oxygens (including phenoxy) is 1. The molecule has 0 spiro atoms. The van der Waals surface area contributed by atoms with Crippen molar-refractivity contribution in [3.63, 3.8) is 0 Å². The maximum absolute atomic E-state index is 12.4. The summed E-state index contributed by atoms with van der Waals surface area (Å²) in [7, 11) is 4.07. The van der Waals surface area contributed by atoms with E-state index >= 15 is 0 Å². The van der Waals surface area contributed by atoms with Crippen molar-refractivity contribution in [2.24, 2.45) is 0 Å². The van der Waals surface area contributed by atoms with Crippen LogP contribution in [-0.4, -0.2) is 71.1 Å². The summed E-state index contributed by atoms with van der Waals surface area (Å²) in [5.41, 5.74) is 0. The SMILES string of the molecule is CCOC(=O)Cn1c(Cl)cnc1CCC(=O)N1CC[C@H](N(C)C)C1. The van der Waals surface area contributed by atoms with E-state index in [0.717, 1.165) is 19.5 Å². The van der Waals surface area contributed by atoms with E-state index in [-0.39, 0.29) is 18.4 Å². The fourth-order valence-electron chi connectivity index (χ4n) is 2.86. The Balaban J connectivity index is 1.90. The molecule has 134 valence electrons. The van der Waals surface area contributed by atoms with Gasteiger partial charge in [-0.25, -0.2) is 4.98 Å². The first kappa shape index (κ1) is 18.7. The normalized spacial score (nSPS) is 17.5. The molecule has 0 aromatic carbocycles. The molecule has 2 heterocycles. The van der Waals surface area contributed by atoms with Crippen molar-refractivity contribution in [1.29, 1.82) is 0 Å². The molecule has 0 unspecified atom stereocenters. The Morgan fingerprint density at radius 3 is 2.83 bits per heavy atom. The van der Waals surface area contributed by atoms with Gasteiger partial charge in [0.05, 0.1) is 12.8 Å². The summed E-state index contributed by atoms with van der Waals surface area (Å²) in [6.07, 6.45) is 3.31. The molecule has 1 amide bonds. The molecule has 1 fully saturated rings. The van der Waals surface area contributed by atoms with Crippen molar-refractivity contribution in [3.8, 4) is 0 Å². The molecule has 7 nitrogen and oxygen atoms in total. The predicted octanol–water partition coefficient (Wildman–Crippen LogP) is 1.19. The molecule has 0 radical (unpaired) electrons. The van der Waals surface area contributed by atoms with Gasteiger partial charge in [0.15, 0.2) is 0 Å². The molecule has 2 rings (SSSR count). The molecule has 1 aliphatic rings. The number of rotatable bonds is 7. The van der Waals surface area contributed by atoms with Crippen molar-refractivity contribution in [2.75, 3.05) is 33.8 Å². The Bertz CT molecular complexity index is 588. The highest BCUT2D eigenvalue weighted by Gasteiger charge is 2.27. The van der Waals surface area contributed by atoms with Gasteiger partial charge in [0.25, 0.3) is 0 Å². The number of halogens is 1. The first-order chi connectivity index (χ1) is 11.4. The molecule has 8 heteroatoms. The summed E-state index contributed by atoms with van der Waals surface area (Å²) in [4.78, 5) is 32.3. The molecule has 1 aromatic heterocycles. The van der Waals surface area contributed by atoms with Crippen LogP contribution in [0, 0.1) is 0 Å². The first-order valence-electron chi connectivity index (χ1n) is 8.22. The Morgan fingerprint density at radius 1 is 1.46 bits per heavy atom. The number of likely N-dealkylation sites (tertiary alicyclic amines) is 1. The average molecular weight is 357 g/mol. The second kappa shape index (κ2) is 8.48. The first-order valence-corrected chi connectivity index (χ1v) is 8.59. The minimum absolute atomic E-state index is 0.0165. The predicted molar refractivity (Wildman–Crippen MR) is 90.9 cm³/mol. The minimum Gasteiger partial charge on any atom is -0.465 e. The van der Waals surface area contributed by atoms with Gasteiger partial charge in [-0.15, -0.1) is 0 Å². The molecule has 24 heavy (non-hydrogen) atoms. The Kier molecular flexibility index (Phi) is 6.62. The molecule has 0 saturated carbocycles. The smallest absolute Gasteiger partial charge is 0.326 e. The highest BCUT2D eigenvalue weighted by molar-refractivity contribution is 6.29. The van der Waals surface area contributed by atoms with Gasteiger partial charge < -0.3 is 19.1 Å². The van der Waals surface area contributed by atoms with E-state index in [1.165, 1.54) is 6.20 Å². The average Bonchev–Trinajstić information content (AvgIpc) is 3.14. The summed E-state index contributed by atoms with van der Waals surface area (Å²) >= 11 is 6.08. The third-order valence-corrected chi connectivity index (χ3v) is 4.59. The van der Waals surface area contributed by atoms with Gasteiger partial charge in [-0.05, 0) is 27.4 Å². The third-order valence-electron chi connectivity index (χ3n) is 4.29. The topological polar surface area (TPSA) is 67.7 Å². The number of likely N-dealkylation sites (N-methyl/N-ethyl adjacent to an activating group) is 1. The van der Waals surface area contributed by atoms with Crippen LogP contribution in [0.3, 0.4) is 0 Å². The van der Waals surface area contributed by atoms with Gasteiger partial charge in [-0.2, -0.15) is 0 Å². The van der Waals surface area contributed by atoms with Crippen LogP contribution in [0.4, 0.5) is 0 Å². The van der Waals surface area contributed by atoms with Crippen molar-refractivity contribution in [3.05, 3.63) is 17.2 Å². The van der Waals surface area contributed by atoms with Crippen LogP contribution in [0.5, 0.6) is 0 Å². The summed E-state index contributed by atoms with van der Waals surface area (Å²) in [6.45, 7) is 3.65. The summed E-state index contributed by atoms with van der Waals surface area (Å²) in [6, 6.07) is 0.425. The van der Waals surface area contributed by atoms with Crippen molar-refractivity contribution in [1.82, 2.24) is 19.4 Å². The number of aryl methyl sites for hydroxylation is 1. The van der Waals surface area contributed by atoms with Crippen LogP contribution >= 0.6 is 11.6 Å². The van der Waals surface area contributed by atoms with Crippen molar-refractivity contribution >= 4 is 23.5 Å². The molecule has 0 bridgehead atoms. The summed E-state index contributed by atoms with van der Waals surface area (Å²) in [5.74, 6) is 0.379. The van der Waals surface area contributed by atoms with E-state index in [0.29, 0.717) is 36.5 Å². The molecular weight excluding hydrogens is 332 g/mol. The van der Waals surface area contributed by atoms with Gasteiger partial charge >= 0.3 is 5.97 Å². The fraction of sp³-hybridized carbons (Fsp3) is 0.688. The van der Waals surface area contributed by atoms with Crippen LogP contribution in [0.1, 0.15) is 25.6 Å². The Labute approximate surface area is 147 Å². The number of carbonyl (C=O) groups excluding carboxylic acids is 2. The van der Waals surface area contributed by atoms with Gasteiger partial charge in [0.2, 0.25) is 5.91 Å². The van der Waals surface area contributed by atoms with E-state index in [1.54, 1.807) is 11.5 Å². The maximum Gasteiger partial charge on any atom is 0.326 e. The van der Waals surface area contributed by atoms with E-state index < -0.39 is 0 Å². The molecular formula is C16H25ClN4O3. The standard InChI is InChI=1S/C16H25ClN4O3/c1-4-24-16(23)11-21-13(17)9-18-14(21)5-6-15(22)20-8-7-12(10-20)19(2)3/h9,12H,4-8,10-11H2,1-3H3/t12-/m0/s1. The summed E-state index contributed by atoms with van der Waals surface area (Å²) < 4.78 is 6.54. The molecule has 1 aromatic rings. The van der Waals surface area contributed by atoms with Crippen LogP contribution in [-0.2, 0) is 27.3 Å². The number of nitrogens with zero attached hydrogens (tertiary/aromatic N) is 4. The van der Waals surface area contributed by atoms with Gasteiger partial charge in [0.1, 0.15) is 17.5 Å². The lowest BCUT2D eigenvalue weighted by Gasteiger charge is -2.20. The van der Waals surface area contributed by atoms with Crippen LogP contribution < -0.4 is 0 Å². The largest absolute Gasteiger partial charge is 0.465 e. The molecule has 1 aliphatic heterocycles. The summed E-state index contributed by atoms with van der Waals surface area (Å²) in [5, 5.41) is 0.374. The van der Waals surface area contributed by atoms with Gasteiger partial charge in [-0.1, -0.05) is 11.6 Å². The minimum atomic E-state index is -0.363. The second-order valence-corrected chi connectivity index (χ2v) is 6.52. The Hall–Kier alpha value is -1.60. The lowest BCUT2D eigenvalue weighted by atomic mass is 10.2. The monoisotopic (exact) mass is 356 g/mol. The second-order valence-electron chi connectivity index (χ2n) is 6.13. The fourth-order valence-corrected chi connectivity index (χ4v) is 3.07. The molecule has 1 atom stereocenters. The quantitative estimate of drug-likeness (QED) is 0.687. The highest BCUT2D eigenvalue weighted by Crippen LogP contribution is 2.17. The number of hydrogen-bond acceptors (Lipinski definition) is 5. The number of carbonyl (C=O) groups is 2. The number of esters is 1. The van der Waals surface area contributed by atoms with E-state index in [2.05, 4.69) is 9.88 Å². The van der Waals surface area contributed by atoms with Crippen molar-refractivity contribution < 1.29 is 14.3 Å². The van der Waals surface area contributed by atoms with Gasteiger partial charge in [-0.3, -0.25) is 9.59 Å². The van der Waals surface area contributed by atoms with Crippen LogP contribution in [0.2, 0.25) is 5.15 Å². The number of aromatic nitrogens is 2. The lowest BCUT2D eigenvalue weighted by molar-refractivity contribution is -0.143. The van der Waals surface area contributed by atoms with E-state index in [9.17, 15) is 9.59 Å². The maximum atomic E-state index is 12.4.